The van der Waals surface area contributed by atoms with Gasteiger partial charge in [-0.15, -0.1) is 0 Å². The van der Waals surface area contributed by atoms with Gasteiger partial charge in [0.05, 0.1) is 6.61 Å². The van der Waals surface area contributed by atoms with Crippen LogP contribution in [0.3, 0.4) is 0 Å². The Bertz CT molecular complexity index is 455. The van der Waals surface area contributed by atoms with Crippen LogP contribution in [-0.2, 0) is 11.2 Å². The number of nitrogens with zero attached hydrogens (tertiary/aromatic N) is 2. The highest BCUT2D eigenvalue weighted by Crippen LogP contribution is 2.31. The van der Waals surface area contributed by atoms with Crippen molar-refractivity contribution in [2.75, 3.05) is 51.3 Å². The second-order valence-corrected chi connectivity index (χ2v) is 5.81. The van der Waals surface area contributed by atoms with Crippen LogP contribution in [0.15, 0.2) is 18.2 Å². The topological polar surface area (TPSA) is 41.7 Å². The Hall–Kier alpha value is -1.10. The predicted molar refractivity (Wildman–Crippen MR) is 82.2 cm³/mol. The number of hydrogen-bond donors (Lipinski definition) is 1. The number of nitrogens with two attached hydrogens (primary N) is 1. The summed E-state index contributed by atoms with van der Waals surface area (Å²) in [6.07, 6.45) is 2.25. The van der Waals surface area contributed by atoms with E-state index in [1.54, 1.807) is 0 Å². The van der Waals surface area contributed by atoms with E-state index in [1.807, 2.05) is 0 Å². The molecule has 2 heterocycles. The first kappa shape index (κ1) is 13.9. The van der Waals surface area contributed by atoms with Gasteiger partial charge in [0.15, 0.2) is 0 Å². The Morgan fingerprint density at radius 3 is 3.00 bits per heavy atom. The SMILES string of the molecule is CN1CCc2cc(C(CN)N3CCCOCC3)ccc21. The van der Waals surface area contributed by atoms with Crippen molar-refractivity contribution in [1.29, 1.82) is 0 Å². The summed E-state index contributed by atoms with van der Waals surface area (Å²) in [6.45, 7) is 5.57. The first-order chi connectivity index (χ1) is 9.79. The highest BCUT2D eigenvalue weighted by molar-refractivity contribution is 5.58. The van der Waals surface area contributed by atoms with E-state index in [1.165, 1.54) is 16.8 Å². The van der Waals surface area contributed by atoms with Gasteiger partial charge in [-0.25, -0.2) is 0 Å². The van der Waals surface area contributed by atoms with Gasteiger partial charge in [-0.1, -0.05) is 12.1 Å². The molecule has 4 heteroatoms. The fourth-order valence-electron chi connectivity index (χ4n) is 3.37. The molecule has 0 aliphatic carbocycles. The molecule has 3 rings (SSSR count). The van der Waals surface area contributed by atoms with Gasteiger partial charge in [-0.05, 0) is 30.0 Å². The molecule has 1 saturated heterocycles. The van der Waals surface area contributed by atoms with Crippen molar-refractivity contribution in [3.8, 4) is 0 Å². The molecule has 20 heavy (non-hydrogen) atoms. The van der Waals surface area contributed by atoms with Gasteiger partial charge in [-0.3, -0.25) is 4.90 Å². The summed E-state index contributed by atoms with van der Waals surface area (Å²) in [4.78, 5) is 4.81. The maximum atomic E-state index is 6.07. The standard InChI is InChI=1S/C16H25N3O/c1-18-7-5-14-11-13(3-4-15(14)18)16(12-17)19-6-2-9-20-10-8-19/h3-4,11,16H,2,5-10,12,17H2,1H3. The van der Waals surface area contributed by atoms with Gasteiger partial charge in [0.1, 0.15) is 0 Å². The minimum Gasteiger partial charge on any atom is -0.380 e. The summed E-state index contributed by atoms with van der Waals surface area (Å²) in [7, 11) is 2.16. The molecule has 2 aliphatic rings. The maximum Gasteiger partial charge on any atom is 0.0593 e. The Labute approximate surface area is 121 Å². The molecule has 1 unspecified atom stereocenters. The maximum absolute atomic E-state index is 6.07. The van der Waals surface area contributed by atoms with E-state index in [2.05, 4.69) is 35.0 Å². The number of anilines is 1. The van der Waals surface area contributed by atoms with E-state index in [-0.39, 0.29) is 0 Å². The minimum atomic E-state index is 0.327. The molecule has 0 spiro atoms. The summed E-state index contributed by atoms with van der Waals surface area (Å²) in [5.74, 6) is 0. The Morgan fingerprint density at radius 1 is 1.25 bits per heavy atom. The van der Waals surface area contributed by atoms with Gasteiger partial charge in [0, 0.05) is 51.6 Å². The number of likely N-dealkylation sites (N-methyl/N-ethyl adjacent to an activating group) is 1. The lowest BCUT2D eigenvalue weighted by atomic mass is 10.0. The zero-order valence-electron chi connectivity index (χ0n) is 12.3. The van der Waals surface area contributed by atoms with Crippen LogP contribution in [0.1, 0.15) is 23.6 Å². The van der Waals surface area contributed by atoms with E-state index < -0.39 is 0 Å². The third kappa shape index (κ3) is 2.68. The van der Waals surface area contributed by atoms with Gasteiger partial charge in [0.2, 0.25) is 0 Å². The highest BCUT2D eigenvalue weighted by Gasteiger charge is 2.23. The fourth-order valence-corrected chi connectivity index (χ4v) is 3.37. The number of fused-ring (bicyclic) bond motifs is 1. The predicted octanol–water partition coefficient (Wildman–Crippen LogP) is 1.40. The summed E-state index contributed by atoms with van der Waals surface area (Å²) in [6, 6.07) is 7.20. The van der Waals surface area contributed by atoms with Gasteiger partial charge in [0.25, 0.3) is 0 Å². The van der Waals surface area contributed by atoms with Gasteiger partial charge >= 0.3 is 0 Å². The summed E-state index contributed by atoms with van der Waals surface area (Å²) >= 11 is 0. The molecule has 1 atom stereocenters. The zero-order chi connectivity index (χ0) is 13.9. The van der Waals surface area contributed by atoms with Crippen LogP contribution in [-0.4, -0.2) is 51.3 Å². The van der Waals surface area contributed by atoms with E-state index in [0.717, 1.165) is 45.7 Å². The Balaban J connectivity index is 1.82. The summed E-state index contributed by atoms with van der Waals surface area (Å²) in [5.41, 5.74) is 10.3. The lowest BCUT2D eigenvalue weighted by Crippen LogP contribution is -2.35. The van der Waals surface area contributed by atoms with Crippen LogP contribution in [0.25, 0.3) is 0 Å². The number of rotatable bonds is 3. The van der Waals surface area contributed by atoms with E-state index in [0.29, 0.717) is 12.6 Å². The van der Waals surface area contributed by atoms with Crippen molar-refractivity contribution in [1.82, 2.24) is 4.90 Å². The van der Waals surface area contributed by atoms with Crippen molar-refractivity contribution in [3.63, 3.8) is 0 Å². The lowest BCUT2D eigenvalue weighted by Gasteiger charge is -2.30. The van der Waals surface area contributed by atoms with Crippen molar-refractivity contribution in [2.45, 2.75) is 18.9 Å². The molecule has 1 aromatic rings. The van der Waals surface area contributed by atoms with Crippen LogP contribution in [0.2, 0.25) is 0 Å². The van der Waals surface area contributed by atoms with Gasteiger partial charge in [-0.2, -0.15) is 0 Å². The Morgan fingerprint density at radius 2 is 2.15 bits per heavy atom. The molecule has 1 fully saturated rings. The highest BCUT2D eigenvalue weighted by atomic mass is 16.5. The molecule has 1 aromatic carbocycles. The molecular formula is C16H25N3O. The monoisotopic (exact) mass is 275 g/mol. The average Bonchev–Trinajstić information content (AvgIpc) is 2.68. The normalized spacial score (nSPS) is 21.6. The fraction of sp³-hybridized carbons (Fsp3) is 0.625. The molecule has 2 N–H and O–H groups in total. The lowest BCUT2D eigenvalue weighted by molar-refractivity contribution is 0.132. The van der Waals surface area contributed by atoms with Crippen molar-refractivity contribution < 1.29 is 4.74 Å². The molecule has 0 bridgehead atoms. The molecule has 0 aromatic heterocycles. The largest absolute Gasteiger partial charge is 0.380 e. The molecule has 110 valence electrons. The van der Waals surface area contributed by atoms with E-state index in [9.17, 15) is 0 Å². The molecule has 0 amide bonds. The molecular weight excluding hydrogens is 250 g/mol. The van der Waals surface area contributed by atoms with Crippen LogP contribution in [0.4, 0.5) is 5.69 Å². The number of ether oxygens (including phenoxy) is 1. The van der Waals surface area contributed by atoms with E-state index in [4.69, 9.17) is 10.5 Å². The summed E-state index contributed by atoms with van der Waals surface area (Å²) in [5, 5.41) is 0. The smallest absolute Gasteiger partial charge is 0.0593 e. The number of hydrogen-bond acceptors (Lipinski definition) is 4. The first-order valence-electron chi connectivity index (χ1n) is 7.65. The second kappa shape index (κ2) is 6.12. The Kier molecular flexibility index (Phi) is 4.24. The minimum absolute atomic E-state index is 0.327. The van der Waals surface area contributed by atoms with Crippen LogP contribution in [0.5, 0.6) is 0 Å². The third-order valence-corrected chi connectivity index (χ3v) is 4.54. The second-order valence-electron chi connectivity index (χ2n) is 5.81. The van der Waals surface area contributed by atoms with Crippen molar-refractivity contribution in [3.05, 3.63) is 29.3 Å². The van der Waals surface area contributed by atoms with Crippen molar-refractivity contribution >= 4 is 5.69 Å². The average molecular weight is 275 g/mol. The number of benzene rings is 1. The first-order valence-corrected chi connectivity index (χ1v) is 7.65. The summed E-state index contributed by atoms with van der Waals surface area (Å²) < 4.78 is 5.55. The molecule has 0 saturated carbocycles. The molecule has 0 radical (unpaired) electrons. The van der Waals surface area contributed by atoms with Crippen LogP contribution in [0, 0.1) is 0 Å². The zero-order valence-corrected chi connectivity index (χ0v) is 12.3. The van der Waals surface area contributed by atoms with Crippen molar-refractivity contribution in [2.24, 2.45) is 5.73 Å². The molecule has 4 nitrogen and oxygen atoms in total. The van der Waals surface area contributed by atoms with E-state index >= 15 is 0 Å². The quantitative estimate of drug-likeness (QED) is 0.905. The third-order valence-electron chi connectivity index (χ3n) is 4.54. The van der Waals surface area contributed by atoms with Crippen LogP contribution >= 0.6 is 0 Å². The van der Waals surface area contributed by atoms with Crippen LogP contribution < -0.4 is 10.6 Å². The molecule has 2 aliphatic heterocycles. The van der Waals surface area contributed by atoms with Gasteiger partial charge < -0.3 is 15.4 Å².